The van der Waals surface area contributed by atoms with Crippen LogP contribution in [-0.2, 0) is 0 Å². The van der Waals surface area contributed by atoms with E-state index in [4.69, 9.17) is 0 Å². The topological polar surface area (TPSA) is 37.8 Å². The minimum Gasteiger partial charge on any atom is -0.357 e. The van der Waals surface area contributed by atoms with Crippen LogP contribution in [0.2, 0.25) is 0 Å². The maximum absolute atomic E-state index is 3.92. The van der Waals surface area contributed by atoms with Gasteiger partial charge in [0.15, 0.2) is 0 Å². The highest BCUT2D eigenvalue weighted by molar-refractivity contribution is 9.09. The van der Waals surface area contributed by atoms with Crippen molar-refractivity contribution >= 4 is 32.4 Å². The van der Waals surface area contributed by atoms with Crippen molar-refractivity contribution in [2.45, 2.75) is 19.9 Å². The van der Waals surface area contributed by atoms with Crippen LogP contribution >= 0.6 is 27.3 Å². The van der Waals surface area contributed by atoms with E-state index >= 15 is 0 Å². The zero-order chi connectivity index (χ0) is 8.97. The molecule has 0 spiro atoms. The average Bonchev–Trinajstić information content (AvgIpc) is 2.55. The number of alkyl halides is 1. The van der Waals surface area contributed by atoms with Gasteiger partial charge in [-0.1, -0.05) is 34.2 Å². The SMILES string of the molecule is CC(CBr)C(C)Nc1nncs1. The van der Waals surface area contributed by atoms with Gasteiger partial charge in [0.05, 0.1) is 0 Å². The summed E-state index contributed by atoms with van der Waals surface area (Å²) in [6.07, 6.45) is 0. The van der Waals surface area contributed by atoms with Crippen molar-refractivity contribution in [2.75, 3.05) is 10.6 Å². The normalized spacial score (nSPS) is 15.6. The molecule has 12 heavy (non-hydrogen) atoms. The molecule has 1 rings (SSSR count). The van der Waals surface area contributed by atoms with Crippen molar-refractivity contribution in [3.05, 3.63) is 5.51 Å². The minimum absolute atomic E-state index is 0.428. The Morgan fingerprint density at radius 2 is 2.42 bits per heavy atom. The van der Waals surface area contributed by atoms with Gasteiger partial charge in [0.25, 0.3) is 0 Å². The van der Waals surface area contributed by atoms with E-state index in [0.717, 1.165) is 10.5 Å². The second-order valence-corrected chi connectivity index (χ2v) is 4.29. The summed E-state index contributed by atoms with van der Waals surface area (Å²) in [4.78, 5) is 0. The van der Waals surface area contributed by atoms with Crippen LogP contribution in [0.25, 0.3) is 0 Å². The molecule has 0 aliphatic rings. The number of aromatic nitrogens is 2. The number of hydrogen-bond acceptors (Lipinski definition) is 4. The van der Waals surface area contributed by atoms with Gasteiger partial charge in [-0.25, -0.2) is 0 Å². The lowest BCUT2D eigenvalue weighted by atomic mass is 10.1. The molecule has 0 aliphatic heterocycles. The number of halogens is 1. The van der Waals surface area contributed by atoms with Crippen molar-refractivity contribution in [1.82, 2.24) is 10.2 Å². The Balaban J connectivity index is 2.41. The van der Waals surface area contributed by atoms with Gasteiger partial charge in [-0.2, -0.15) is 0 Å². The molecule has 1 aromatic heterocycles. The second kappa shape index (κ2) is 4.77. The standard InChI is InChI=1S/C7H12BrN3S/c1-5(3-8)6(2)10-7-11-9-4-12-7/h4-6H,3H2,1-2H3,(H,10,11). The van der Waals surface area contributed by atoms with E-state index < -0.39 is 0 Å². The highest BCUT2D eigenvalue weighted by Gasteiger charge is 2.11. The van der Waals surface area contributed by atoms with E-state index in [2.05, 4.69) is 45.3 Å². The summed E-state index contributed by atoms with van der Waals surface area (Å²) in [6.45, 7) is 4.33. The Bertz CT molecular complexity index is 214. The van der Waals surface area contributed by atoms with Gasteiger partial charge in [-0.3, -0.25) is 0 Å². The van der Waals surface area contributed by atoms with Gasteiger partial charge in [-0.05, 0) is 12.8 Å². The van der Waals surface area contributed by atoms with Gasteiger partial charge in [0.2, 0.25) is 5.13 Å². The largest absolute Gasteiger partial charge is 0.357 e. The van der Waals surface area contributed by atoms with Crippen molar-refractivity contribution in [3.8, 4) is 0 Å². The summed E-state index contributed by atoms with van der Waals surface area (Å²) >= 11 is 4.98. The highest BCUT2D eigenvalue weighted by Crippen LogP contribution is 2.14. The van der Waals surface area contributed by atoms with Crippen LogP contribution in [0.15, 0.2) is 5.51 Å². The quantitative estimate of drug-likeness (QED) is 0.833. The Hall–Kier alpha value is -0.160. The molecule has 0 radical (unpaired) electrons. The lowest BCUT2D eigenvalue weighted by molar-refractivity contribution is 0.571. The molecule has 1 aromatic rings. The van der Waals surface area contributed by atoms with Crippen molar-refractivity contribution < 1.29 is 0 Å². The van der Waals surface area contributed by atoms with Crippen LogP contribution in [0, 0.1) is 5.92 Å². The van der Waals surface area contributed by atoms with Crippen LogP contribution in [0.1, 0.15) is 13.8 Å². The second-order valence-electron chi connectivity index (χ2n) is 2.81. The third-order valence-electron chi connectivity index (χ3n) is 1.81. The lowest BCUT2D eigenvalue weighted by Gasteiger charge is -2.17. The van der Waals surface area contributed by atoms with Gasteiger partial charge >= 0.3 is 0 Å². The molecule has 2 unspecified atom stereocenters. The molecule has 1 heterocycles. The first-order valence-corrected chi connectivity index (χ1v) is 5.82. The fraction of sp³-hybridized carbons (Fsp3) is 0.714. The number of hydrogen-bond donors (Lipinski definition) is 1. The molecule has 5 heteroatoms. The average molecular weight is 250 g/mol. The Labute approximate surface area is 84.7 Å². The fourth-order valence-corrected chi connectivity index (χ4v) is 1.81. The first kappa shape index (κ1) is 9.92. The van der Waals surface area contributed by atoms with Gasteiger partial charge < -0.3 is 5.32 Å². The number of nitrogens with zero attached hydrogens (tertiary/aromatic N) is 2. The molecule has 0 fully saturated rings. The monoisotopic (exact) mass is 249 g/mol. The zero-order valence-corrected chi connectivity index (χ0v) is 9.52. The summed E-state index contributed by atoms with van der Waals surface area (Å²) < 4.78 is 0. The summed E-state index contributed by atoms with van der Waals surface area (Å²) in [6, 6.07) is 0.428. The molecule has 0 saturated heterocycles. The Morgan fingerprint density at radius 1 is 1.67 bits per heavy atom. The number of nitrogens with one attached hydrogen (secondary N) is 1. The molecule has 0 aromatic carbocycles. The van der Waals surface area contributed by atoms with Gasteiger partial charge in [-0.15, -0.1) is 10.2 Å². The van der Waals surface area contributed by atoms with Crippen molar-refractivity contribution in [2.24, 2.45) is 5.92 Å². The Kier molecular flexibility index (Phi) is 3.94. The molecule has 0 bridgehead atoms. The summed E-state index contributed by atoms with van der Waals surface area (Å²) in [5.74, 6) is 0.592. The smallest absolute Gasteiger partial charge is 0.205 e. The molecule has 1 N–H and O–H groups in total. The summed E-state index contributed by atoms with van der Waals surface area (Å²) in [7, 11) is 0. The maximum atomic E-state index is 3.92. The van der Waals surface area contributed by atoms with Gasteiger partial charge in [0, 0.05) is 11.4 Å². The van der Waals surface area contributed by atoms with Crippen LogP contribution in [-0.4, -0.2) is 21.6 Å². The number of anilines is 1. The Morgan fingerprint density at radius 3 is 2.92 bits per heavy atom. The van der Waals surface area contributed by atoms with Crippen LogP contribution in [0.5, 0.6) is 0 Å². The maximum Gasteiger partial charge on any atom is 0.205 e. The van der Waals surface area contributed by atoms with Crippen LogP contribution in [0.3, 0.4) is 0 Å². The minimum atomic E-state index is 0.428. The third kappa shape index (κ3) is 2.71. The first-order chi connectivity index (χ1) is 5.74. The molecule has 2 atom stereocenters. The molecule has 0 saturated carbocycles. The third-order valence-corrected chi connectivity index (χ3v) is 3.45. The lowest BCUT2D eigenvalue weighted by Crippen LogP contribution is -2.24. The van der Waals surface area contributed by atoms with Crippen molar-refractivity contribution in [1.29, 1.82) is 0 Å². The summed E-state index contributed by atoms with van der Waals surface area (Å²) in [5, 5.41) is 12.9. The molecular weight excluding hydrogens is 238 g/mol. The van der Waals surface area contributed by atoms with E-state index in [-0.39, 0.29) is 0 Å². The molecular formula is C7H12BrN3S. The van der Waals surface area contributed by atoms with Crippen LogP contribution < -0.4 is 5.32 Å². The molecule has 0 aliphatic carbocycles. The summed E-state index contributed by atoms with van der Waals surface area (Å²) in [5.41, 5.74) is 1.73. The zero-order valence-electron chi connectivity index (χ0n) is 7.12. The molecule has 0 amide bonds. The van der Waals surface area contributed by atoms with E-state index in [1.54, 1.807) is 5.51 Å². The van der Waals surface area contributed by atoms with E-state index in [1.165, 1.54) is 11.3 Å². The highest BCUT2D eigenvalue weighted by atomic mass is 79.9. The van der Waals surface area contributed by atoms with Crippen LogP contribution in [0.4, 0.5) is 5.13 Å². The van der Waals surface area contributed by atoms with E-state index in [9.17, 15) is 0 Å². The van der Waals surface area contributed by atoms with Crippen molar-refractivity contribution in [3.63, 3.8) is 0 Å². The predicted molar refractivity (Wildman–Crippen MR) is 56.0 cm³/mol. The molecule has 68 valence electrons. The van der Waals surface area contributed by atoms with Gasteiger partial charge in [0.1, 0.15) is 5.51 Å². The first-order valence-electron chi connectivity index (χ1n) is 3.82. The van der Waals surface area contributed by atoms with E-state index in [0.29, 0.717) is 12.0 Å². The number of rotatable bonds is 4. The molecule has 3 nitrogen and oxygen atoms in total. The fourth-order valence-electron chi connectivity index (χ4n) is 0.707. The van der Waals surface area contributed by atoms with E-state index in [1.807, 2.05) is 0 Å². The predicted octanol–water partition coefficient (Wildman–Crippen LogP) is 2.37.